The van der Waals surface area contributed by atoms with E-state index in [2.05, 4.69) is 48.3 Å². The number of aliphatic carboxylic acids is 2. The van der Waals surface area contributed by atoms with E-state index in [1.54, 1.807) is 0 Å². The molecule has 0 amide bonds. The minimum atomic E-state index is -1.26. The van der Waals surface area contributed by atoms with Crippen molar-refractivity contribution in [2.75, 3.05) is 20.1 Å². The van der Waals surface area contributed by atoms with Gasteiger partial charge in [-0.25, -0.2) is 9.59 Å². The van der Waals surface area contributed by atoms with E-state index in [4.69, 9.17) is 26.6 Å². The number of halogens is 1. The van der Waals surface area contributed by atoms with E-state index in [0.717, 1.165) is 30.1 Å². The molecule has 6 nitrogen and oxygen atoms in total. The number of carboxylic acid groups (broad SMARTS) is 2. The van der Waals surface area contributed by atoms with Crippen molar-refractivity contribution in [2.45, 2.75) is 18.6 Å². The van der Waals surface area contributed by atoms with Gasteiger partial charge in [0.25, 0.3) is 0 Å². The van der Waals surface area contributed by atoms with E-state index in [9.17, 15) is 9.59 Å². The van der Waals surface area contributed by atoms with Crippen LogP contribution in [0.5, 0.6) is 0 Å². The lowest BCUT2D eigenvalue weighted by Crippen LogP contribution is -2.21. The van der Waals surface area contributed by atoms with Gasteiger partial charge in [-0.1, -0.05) is 54.1 Å². The molecule has 0 aromatic heterocycles. The molecule has 3 rings (SSSR count). The number of benzene rings is 2. The zero-order valence-corrected chi connectivity index (χ0v) is 16.8. The van der Waals surface area contributed by atoms with Crippen LogP contribution in [-0.4, -0.2) is 53.3 Å². The van der Waals surface area contributed by atoms with E-state index >= 15 is 0 Å². The van der Waals surface area contributed by atoms with Gasteiger partial charge in [0, 0.05) is 30.3 Å². The first-order valence-corrected chi connectivity index (χ1v) is 9.51. The van der Waals surface area contributed by atoms with Crippen molar-refractivity contribution in [3.05, 3.63) is 82.9 Å². The molecular weight excluding hydrogens is 394 g/mol. The molecule has 1 aliphatic heterocycles. The topological polar surface area (TPSA) is 87.1 Å². The second kappa shape index (κ2) is 11.4. The summed E-state index contributed by atoms with van der Waals surface area (Å²) >= 11 is 6.00. The maximum atomic E-state index is 9.55. The van der Waals surface area contributed by atoms with Gasteiger partial charge in [-0.15, -0.1) is 0 Å². The molecule has 0 spiro atoms. The summed E-state index contributed by atoms with van der Waals surface area (Å²) in [6, 6.07) is 18.4. The Labute approximate surface area is 175 Å². The molecule has 154 valence electrons. The first kappa shape index (κ1) is 22.6. The summed E-state index contributed by atoms with van der Waals surface area (Å²) in [6.45, 7) is 2.10. The van der Waals surface area contributed by atoms with Crippen molar-refractivity contribution in [2.24, 2.45) is 0 Å². The van der Waals surface area contributed by atoms with Gasteiger partial charge in [0.05, 0.1) is 6.10 Å². The van der Waals surface area contributed by atoms with Gasteiger partial charge in [0.15, 0.2) is 0 Å². The number of rotatable bonds is 6. The van der Waals surface area contributed by atoms with Crippen LogP contribution in [0.15, 0.2) is 66.7 Å². The third-order valence-corrected chi connectivity index (χ3v) is 4.57. The van der Waals surface area contributed by atoms with Gasteiger partial charge in [0.1, 0.15) is 6.10 Å². The fraction of sp³-hybridized carbons (Fsp3) is 0.273. The number of ether oxygens (including phenoxy) is 1. The minimum absolute atomic E-state index is 0.0278. The number of hydrogen-bond donors (Lipinski definition) is 2. The van der Waals surface area contributed by atoms with E-state index in [0.29, 0.717) is 12.2 Å². The fourth-order valence-corrected chi connectivity index (χ4v) is 3.08. The van der Waals surface area contributed by atoms with Crippen LogP contribution >= 0.6 is 11.6 Å². The summed E-state index contributed by atoms with van der Waals surface area (Å²) in [7, 11) is 2.14. The fourth-order valence-electron chi connectivity index (χ4n) is 2.96. The highest BCUT2D eigenvalue weighted by atomic mass is 35.5. The number of carboxylic acids is 2. The monoisotopic (exact) mass is 417 g/mol. The molecule has 2 unspecified atom stereocenters. The quantitative estimate of drug-likeness (QED) is 0.694. The standard InChI is InChI=1S/C18H20ClNO.C4H4O4/c1-20-12-11-17(13-20)21-18(14-5-3-2-4-6-14)15-7-9-16(19)10-8-15;5-3(6)1-2-4(7)8/h2-10,17-18H,11-13H2,1H3;1-2H,(H,5,6)(H,7,8)/b;2-1+. The Morgan fingerprint density at radius 2 is 1.59 bits per heavy atom. The number of nitrogens with zero attached hydrogens (tertiary/aromatic N) is 1. The highest BCUT2D eigenvalue weighted by Crippen LogP contribution is 2.30. The Balaban J connectivity index is 0.000000321. The molecular formula is C22H24ClNO5. The van der Waals surface area contributed by atoms with Crippen molar-refractivity contribution in [1.82, 2.24) is 4.90 Å². The maximum Gasteiger partial charge on any atom is 0.328 e. The van der Waals surface area contributed by atoms with Crippen LogP contribution in [0.2, 0.25) is 5.02 Å². The Kier molecular flexibility index (Phi) is 8.86. The van der Waals surface area contributed by atoms with Gasteiger partial charge in [0.2, 0.25) is 0 Å². The molecule has 1 saturated heterocycles. The van der Waals surface area contributed by atoms with Crippen LogP contribution in [0.1, 0.15) is 23.7 Å². The predicted molar refractivity (Wildman–Crippen MR) is 111 cm³/mol. The average molecular weight is 418 g/mol. The minimum Gasteiger partial charge on any atom is -0.478 e. The van der Waals surface area contributed by atoms with Crippen LogP contribution in [0.3, 0.4) is 0 Å². The van der Waals surface area contributed by atoms with Crippen molar-refractivity contribution >= 4 is 23.5 Å². The predicted octanol–water partition coefficient (Wildman–Crippen LogP) is 3.86. The van der Waals surface area contributed by atoms with Crippen LogP contribution < -0.4 is 0 Å². The smallest absolute Gasteiger partial charge is 0.328 e. The van der Waals surface area contributed by atoms with Gasteiger partial charge in [-0.3, -0.25) is 0 Å². The van der Waals surface area contributed by atoms with E-state index in [1.165, 1.54) is 5.56 Å². The SMILES string of the molecule is CN1CCC(OC(c2ccccc2)c2ccc(Cl)cc2)C1.O=C(O)/C=C/C(=O)O. The number of hydrogen-bond acceptors (Lipinski definition) is 4. The number of likely N-dealkylation sites (tertiary alicyclic amines) is 1. The first-order chi connectivity index (χ1) is 13.8. The van der Waals surface area contributed by atoms with Crippen LogP contribution in [0.4, 0.5) is 0 Å². The van der Waals surface area contributed by atoms with E-state index in [1.807, 2.05) is 18.2 Å². The van der Waals surface area contributed by atoms with Crippen molar-refractivity contribution in [3.63, 3.8) is 0 Å². The normalized spacial score (nSPS) is 17.5. The molecule has 2 N–H and O–H groups in total. The third-order valence-electron chi connectivity index (χ3n) is 4.32. The first-order valence-electron chi connectivity index (χ1n) is 9.13. The van der Waals surface area contributed by atoms with Crippen molar-refractivity contribution < 1.29 is 24.5 Å². The molecule has 2 aromatic carbocycles. The lowest BCUT2D eigenvalue weighted by molar-refractivity contribution is -0.134. The largest absolute Gasteiger partial charge is 0.478 e. The van der Waals surface area contributed by atoms with Crippen LogP contribution in [0.25, 0.3) is 0 Å². The zero-order valence-electron chi connectivity index (χ0n) is 16.1. The van der Waals surface area contributed by atoms with Gasteiger partial charge in [-0.2, -0.15) is 0 Å². The second-order valence-corrected chi connectivity index (χ2v) is 7.10. The van der Waals surface area contributed by atoms with Crippen molar-refractivity contribution in [3.8, 4) is 0 Å². The molecule has 0 bridgehead atoms. The Bertz CT molecular complexity index is 807. The van der Waals surface area contributed by atoms with Gasteiger partial charge in [-0.05, 0) is 36.7 Å². The number of likely N-dealkylation sites (N-methyl/N-ethyl adjacent to an activating group) is 1. The van der Waals surface area contributed by atoms with Crippen LogP contribution in [-0.2, 0) is 14.3 Å². The molecule has 1 fully saturated rings. The highest BCUT2D eigenvalue weighted by Gasteiger charge is 2.25. The molecule has 29 heavy (non-hydrogen) atoms. The molecule has 0 radical (unpaired) electrons. The Morgan fingerprint density at radius 3 is 2.07 bits per heavy atom. The Hall–Kier alpha value is -2.67. The van der Waals surface area contributed by atoms with Gasteiger partial charge >= 0.3 is 11.9 Å². The summed E-state index contributed by atoms with van der Waals surface area (Å²) in [6.07, 6.45) is 2.47. The summed E-state index contributed by atoms with van der Waals surface area (Å²) in [5.41, 5.74) is 2.34. The zero-order chi connectivity index (χ0) is 21.2. The third kappa shape index (κ3) is 8.07. The second-order valence-electron chi connectivity index (χ2n) is 6.66. The van der Waals surface area contributed by atoms with E-state index < -0.39 is 11.9 Å². The van der Waals surface area contributed by atoms with Crippen LogP contribution in [0, 0.1) is 0 Å². The van der Waals surface area contributed by atoms with E-state index in [-0.39, 0.29) is 12.2 Å². The summed E-state index contributed by atoms with van der Waals surface area (Å²) in [5, 5.41) is 16.4. The molecule has 2 aromatic rings. The van der Waals surface area contributed by atoms with Crippen molar-refractivity contribution in [1.29, 1.82) is 0 Å². The molecule has 0 aliphatic carbocycles. The lowest BCUT2D eigenvalue weighted by Gasteiger charge is -2.23. The summed E-state index contributed by atoms with van der Waals surface area (Å²) in [5.74, 6) is -2.51. The lowest BCUT2D eigenvalue weighted by atomic mass is 10.0. The highest BCUT2D eigenvalue weighted by molar-refractivity contribution is 6.30. The number of carbonyl (C=O) groups is 2. The molecule has 7 heteroatoms. The maximum absolute atomic E-state index is 9.55. The average Bonchev–Trinajstić information content (AvgIpc) is 3.11. The molecule has 2 atom stereocenters. The molecule has 1 heterocycles. The Morgan fingerprint density at radius 1 is 1.03 bits per heavy atom. The molecule has 1 aliphatic rings. The summed E-state index contributed by atoms with van der Waals surface area (Å²) in [4.78, 5) is 21.4. The molecule has 0 saturated carbocycles. The van der Waals surface area contributed by atoms with Gasteiger partial charge < -0.3 is 19.8 Å². The summed E-state index contributed by atoms with van der Waals surface area (Å²) < 4.78 is 6.41.